The summed E-state index contributed by atoms with van der Waals surface area (Å²) in [4.78, 5) is 13.4. The molecule has 22 heavy (non-hydrogen) atoms. The maximum Gasteiger partial charge on any atom is 0.239 e. The molecule has 0 spiro atoms. The number of hydrogen-bond acceptors (Lipinski definition) is 4. The Hall–Kier alpha value is -1.14. The van der Waals surface area contributed by atoms with Crippen LogP contribution in [-0.2, 0) is 16.1 Å². The Bertz CT molecular complexity index is 417. The van der Waals surface area contributed by atoms with Gasteiger partial charge in [0.05, 0.1) is 25.4 Å². The molecule has 1 amide bonds. The Kier molecular flexibility index (Phi) is 10.8. The van der Waals surface area contributed by atoms with Crippen molar-refractivity contribution in [3.63, 3.8) is 0 Å². The third-order valence-corrected chi connectivity index (χ3v) is 3.20. The summed E-state index contributed by atoms with van der Waals surface area (Å²) < 4.78 is 5.45. The highest BCUT2D eigenvalue weighted by Crippen LogP contribution is 2.03. The zero-order chi connectivity index (χ0) is 15.7. The Labute approximate surface area is 138 Å². The molecule has 2 atom stereocenters. The molecule has 0 aliphatic carbocycles. The first-order valence-electron chi connectivity index (χ1n) is 7.34. The van der Waals surface area contributed by atoms with Crippen LogP contribution in [0.15, 0.2) is 30.3 Å². The molecular weight excluding hydrogens is 304 g/mol. The molecular formula is C16H27ClN2O3. The average Bonchev–Trinajstić information content (AvgIpc) is 2.47. The molecule has 0 aromatic heterocycles. The number of halogens is 1. The van der Waals surface area contributed by atoms with Crippen LogP contribution in [0.3, 0.4) is 0 Å². The van der Waals surface area contributed by atoms with Gasteiger partial charge in [-0.15, -0.1) is 12.4 Å². The Morgan fingerprint density at radius 1 is 1.36 bits per heavy atom. The quantitative estimate of drug-likeness (QED) is 0.720. The molecule has 2 unspecified atom stereocenters. The van der Waals surface area contributed by atoms with Crippen molar-refractivity contribution in [1.82, 2.24) is 4.90 Å². The number of hydrogen-bond donors (Lipinski definition) is 2. The van der Waals surface area contributed by atoms with Gasteiger partial charge in [0.2, 0.25) is 5.91 Å². The molecule has 3 N–H and O–H groups in total. The van der Waals surface area contributed by atoms with Gasteiger partial charge < -0.3 is 20.5 Å². The molecule has 0 radical (unpaired) electrons. The summed E-state index contributed by atoms with van der Waals surface area (Å²) in [6.07, 6.45) is 0.810. The van der Waals surface area contributed by atoms with Crippen LogP contribution in [0.25, 0.3) is 0 Å². The number of amides is 1. The fourth-order valence-corrected chi connectivity index (χ4v) is 2.06. The third kappa shape index (κ3) is 7.75. The summed E-state index contributed by atoms with van der Waals surface area (Å²) in [6, 6.07) is 9.26. The Morgan fingerprint density at radius 3 is 2.59 bits per heavy atom. The minimum absolute atomic E-state index is 0. The first kappa shape index (κ1) is 20.9. The number of rotatable bonds is 9. The summed E-state index contributed by atoms with van der Waals surface area (Å²) in [7, 11) is 1.65. The maximum atomic E-state index is 11.9. The minimum Gasteiger partial charge on any atom is -0.389 e. The molecule has 126 valence electrons. The van der Waals surface area contributed by atoms with Crippen LogP contribution in [0, 0.1) is 0 Å². The van der Waals surface area contributed by atoms with E-state index in [0.717, 1.165) is 12.0 Å². The molecule has 5 nitrogen and oxygen atoms in total. The zero-order valence-electron chi connectivity index (χ0n) is 13.3. The van der Waals surface area contributed by atoms with Gasteiger partial charge >= 0.3 is 0 Å². The second-order valence-corrected chi connectivity index (χ2v) is 5.27. The molecule has 0 bridgehead atoms. The Morgan fingerprint density at radius 2 is 2.00 bits per heavy atom. The average molecular weight is 331 g/mol. The normalized spacial score (nSPS) is 13.1. The molecule has 0 saturated carbocycles. The van der Waals surface area contributed by atoms with E-state index in [-0.39, 0.29) is 31.5 Å². The summed E-state index contributed by atoms with van der Waals surface area (Å²) in [5, 5.41) is 9.90. The van der Waals surface area contributed by atoms with Crippen molar-refractivity contribution >= 4 is 18.3 Å². The van der Waals surface area contributed by atoms with E-state index < -0.39 is 12.1 Å². The lowest BCUT2D eigenvalue weighted by Crippen LogP contribution is -2.45. The first-order valence-corrected chi connectivity index (χ1v) is 7.34. The standard InChI is InChI=1S/C16H26N2O3.ClH/c1-3-7-15(17)16(20)18(2)10-14(19)12-21-11-13-8-5-4-6-9-13;/h4-6,8-9,14-15,19H,3,7,10-12,17H2,1-2H3;1H. The van der Waals surface area contributed by atoms with Crippen molar-refractivity contribution < 1.29 is 14.6 Å². The van der Waals surface area contributed by atoms with Gasteiger partial charge in [-0.2, -0.15) is 0 Å². The van der Waals surface area contributed by atoms with Gasteiger partial charge in [0.25, 0.3) is 0 Å². The molecule has 0 fully saturated rings. The highest BCUT2D eigenvalue weighted by molar-refractivity contribution is 5.85. The monoisotopic (exact) mass is 330 g/mol. The number of ether oxygens (including phenoxy) is 1. The lowest BCUT2D eigenvalue weighted by Gasteiger charge is -2.23. The van der Waals surface area contributed by atoms with Crippen LogP contribution in [0.1, 0.15) is 25.3 Å². The van der Waals surface area contributed by atoms with Gasteiger partial charge in [-0.25, -0.2) is 0 Å². The predicted octanol–water partition coefficient (Wildman–Crippen LogP) is 1.57. The number of benzene rings is 1. The topological polar surface area (TPSA) is 75.8 Å². The van der Waals surface area contributed by atoms with Crippen LogP contribution in [0.5, 0.6) is 0 Å². The summed E-state index contributed by atoms with van der Waals surface area (Å²) in [5.74, 6) is -0.140. The molecule has 1 aromatic rings. The van der Waals surface area contributed by atoms with Gasteiger partial charge in [-0.3, -0.25) is 4.79 Å². The SMILES string of the molecule is CCCC(N)C(=O)N(C)CC(O)COCc1ccccc1.Cl. The number of carbonyl (C=O) groups is 1. The fraction of sp³-hybridized carbons (Fsp3) is 0.562. The number of nitrogens with zero attached hydrogens (tertiary/aromatic N) is 1. The highest BCUT2D eigenvalue weighted by atomic mass is 35.5. The molecule has 0 aliphatic rings. The number of aliphatic hydroxyl groups excluding tert-OH is 1. The van der Waals surface area contributed by atoms with E-state index in [0.29, 0.717) is 13.0 Å². The highest BCUT2D eigenvalue weighted by Gasteiger charge is 2.19. The van der Waals surface area contributed by atoms with Crippen LogP contribution in [0.2, 0.25) is 0 Å². The number of nitrogens with two attached hydrogens (primary N) is 1. The maximum absolute atomic E-state index is 11.9. The van der Waals surface area contributed by atoms with E-state index in [4.69, 9.17) is 10.5 Å². The van der Waals surface area contributed by atoms with Crippen molar-refractivity contribution in [2.45, 2.75) is 38.5 Å². The Balaban J connectivity index is 0.00000441. The number of likely N-dealkylation sites (N-methyl/N-ethyl adjacent to an activating group) is 1. The summed E-state index contributed by atoms with van der Waals surface area (Å²) in [6.45, 7) is 2.85. The van der Waals surface area contributed by atoms with Crippen LogP contribution in [-0.4, -0.2) is 48.3 Å². The minimum atomic E-state index is -0.712. The van der Waals surface area contributed by atoms with E-state index in [1.54, 1.807) is 7.05 Å². The van der Waals surface area contributed by atoms with E-state index in [9.17, 15) is 9.90 Å². The van der Waals surface area contributed by atoms with Crippen LogP contribution >= 0.6 is 12.4 Å². The lowest BCUT2D eigenvalue weighted by molar-refractivity contribution is -0.133. The van der Waals surface area contributed by atoms with Crippen molar-refractivity contribution in [3.8, 4) is 0 Å². The summed E-state index contributed by atoms with van der Waals surface area (Å²) in [5.41, 5.74) is 6.83. The van der Waals surface area contributed by atoms with Gasteiger partial charge in [-0.1, -0.05) is 43.7 Å². The first-order chi connectivity index (χ1) is 10.0. The predicted molar refractivity (Wildman–Crippen MR) is 89.9 cm³/mol. The van der Waals surface area contributed by atoms with Gasteiger partial charge in [0.1, 0.15) is 0 Å². The molecule has 0 saturated heterocycles. The van der Waals surface area contributed by atoms with Crippen molar-refractivity contribution in [1.29, 1.82) is 0 Å². The van der Waals surface area contributed by atoms with Gasteiger partial charge in [0, 0.05) is 13.6 Å². The van der Waals surface area contributed by atoms with E-state index >= 15 is 0 Å². The van der Waals surface area contributed by atoms with E-state index in [1.807, 2.05) is 37.3 Å². The number of aliphatic hydroxyl groups is 1. The van der Waals surface area contributed by atoms with Crippen LogP contribution < -0.4 is 5.73 Å². The van der Waals surface area contributed by atoms with Gasteiger partial charge in [-0.05, 0) is 12.0 Å². The zero-order valence-corrected chi connectivity index (χ0v) is 14.1. The summed E-state index contributed by atoms with van der Waals surface area (Å²) >= 11 is 0. The molecule has 6 heteroatoms. The number of carbonyl (C=O) groups excluding carboxylic acids is 1. The molecule has 0 aliphatic heterocycles. The largest absolute Gasteiger partial charge is 0.389 e. The second-order valence-electron chi connectivity index (χ2n) is 5.27. The second kappa shape index (κ2) is 11.4. The van der Waals surface area contributed by atoms with E-state index in [1.165, 1.54) is 4.90 Å². The van der Waals surface area contributed by atoms with E-state index in [2.05, 4.69) is 0 Å². The fourth-order valence-electron chi connectivity index (χ4n) is 2.06. The van der Waals surface area contributed by atoms with Crippen LogP contribution in [0.4, 0.5) is 0 Å². The van der Waals surface area contributed by atoms with Crippen molar-refractivity contribution in [3.05, 3.63) is 35.9 Å². The smallest absolute Gasteiger partial charge is 0.239 e. The molecule has 1 rings (SSSR count). The van der Waals surface area contributed by atoms with Crippen molar-refractivity contribution in [2.75, 3.05) is 20.2 Å². The molecule has 0 heterocycles. The van der Waals surface area contributed by atoms with Gasteiger partial charge in [0.15, 0.2) is 0 Å². The molecule has 1 aromatic carbocycles. The third-order valence-electron chi connectivity index (χ3n) is 3.20. The van der Waals surface area contributed by atoms with Crippen molar-refractivity contribution in [2.24, 2.45) is 5.73 Å². The lowest BCUT2D eigenvalue weighted by atomic mass is 10.1.